The summed E-state index contributed by atoms with van der Waals surface area (Å²) in [6, 6.07) is 26.6. The SMILES string of the molecule is C.C.C.C[C@@]1(O)[C@@H](COc2ccc3ccc(Cl)nc3c2)OC(O)[C@@H]1O.C[C@@]1(O)[C@@H](COc2ccc3ccc(Cl)nc3c2)O[C@@H](n2cc(F)c3c(Cl)ncnc32)[C@@H]1O.C[C@@]1(O)[C@@H](COc2ccc3ccc(N)nc3c2)O[C@@H](n2cc(F)c3c(N)ncnc32)[C@@H]1O.N.O. The first-order chi connectivity index (χ1) is 40.9. The highest BCUT2D eigenvalue weighted by Gasteiger charge is 2.55. The van der Waals surface area contributed by atoms with E-state index in [1.807, 2.05) is 36.4 Å². The fourth-order valence-electron chi connectivity index (χ4n) is 10.1. The first kappa shape index (κ1) is 72.4. The summed E-state index contributed by atoms with van der Waals surface area (Å²) in [4.78, 5) is 28.4. The highest BCUT2D eigenvalue weighted by atomic mass is 35.5. The van der Waals surface area contributed by atoms with Crippen LogP contribution < -0.4 is 31.8 Å². The van der Waals surface area contributed by atoms with Crippen molar-refractivity contribution in [3.63, 3.8) is 0 Å². The molecule has 490 valence electrons. The summed E-state index contributed by atoms with van der Waals surface area (Å²) in [7, 11) is 0. The Labute approximate surface area is 534 Å². The fraction of sp³-hybridized carbons (Fsp3) is 0.350. The first-order valence-electron chi connectivity index (χ1n) is 26.3. The number of aromatic nitrogens is 9. The van der Waals surface area contributed by atoms with Gasteiger partial charge in [-0.1, -0.05) is 57.1 Å². The van der Waals surface area contributed by atoms with Crippen LogP contribution in [0.15, 0.2) is 116 Å². The molecule has 3 aliphatic rings. The third-order valence-electron chi connectivity index (χ3n) is 15.3. The minimum Gasteiger partial charge on any atom is -0.491 e. The molecule has 3 fully saturated rings. The molecule has 3 aromatic carbocycles. The maximum absolute atomic E-state index is 14.4. The lowest BCUT2D eigenvalue weighted by molar-refractivity contribution is -0.131. The van der Waals surface area contributed by atoms with Crippen molar-refractivity contribution in [1.29, 1.82) is 0 Å². The van der Waals surface area contributed by atoms with Crippen LogP contribution in [-0.4, -0.2) is 165 Å². The second-order valence-corrected chi connectivity index (χ2v) is 22.3. The number of halogens is 5. The number of ether oxygens (including phenoxy) is 6. The van der Waals surface area contributed by atoms with Gasteiger partial charge in [0.2, 0.25) is 0 Å². The van der Waals surface area contributed by atoms with Crippen LogP contribution in [0.1, 0.15) is 55.5 Å². The van der Waals surface area contributed by atoms with Gasteiger partial charge in [-0.3, -0.25) is 0 Å². The summed E-state index contributed by atoms with van der Waals surface area (Å²) >= 11 is 17.8. The van der Waals surface area contributed by atoms with Crippen LogP contribution in [0.2, 0.25) is 15.5 Å². The molecule has 1 unspecified atom stereocenters. The Morgan fingerprint density at radius 2 is 0.901 bits per heavy atom. The molecule has 0 bridgehead atoms. The summed E-state index contributed by atoms with van der Waals surface area (Å²) in [5.74, 6) is 0.540. The van der Waals surface area contributed by atoms with Crippen molar-refractivity contribution < 1.29 is 78.4 Å². The van der Waals surface area contributed by atoms with E-state index in [1.165, 1.54) is 42.6 Å². The minimum absolute atomic E-state index is 0. The van der Waals surface area contributed by atoms with Crippen LogP contribution in [0.3, 0.4) is 0 Å². The molecular formula is C60H71Cl3F2N12O14. The Balaban J connectivity index is 0.000000215. The molecule has 26 nitrogen and oxygen atoms in total. The number of nitrogens with two attached hydrogens (primary N) is 2. The van der Waals surface area contributed by atoms with Gasteiger partial charge in [0.1, 0.15) is 136 Å². The van der Waals surface area contributed by atoms with E-state index in [0.717, 1.165) is 28.6 Å². The zero-order valence-electron chi connectivity index (χ0n) is 46.6. The van der Waals surface area contributed by atoms with Crippen LogP contribution in [0.5, 0.6) is 17.2 Å². The number of hydrogen-bond donors (Lipinski definition) is 10. The van der Waals surface area contributed by atoms with Crippen LogP contribution in [-0.2, 0) is 14.2 Å². The van der Waals surface area contributed by atoms with Crippen molar-refractivity contribution >= 4 is 101 Å². The van der Waals surface area contributed by atoms with Gasteiger partial charge in [-0.15, -0.1) is 0 Å². The number of anilines is 2. The van der Waals surface area contributed by atoms with E-state index in [1.54, 1.807) is 54.6 Å². The maximum Gasteiger partial charge on any atom is 0.184 e. The number of aliphatic hydroxyl groups excluding tert-OH is 4. The average molecular weight is 1330 g/mol. The highest BCUT2D eigenvalue weighted by molar-refractivity contribution is 6.34. The number of aliphatic hydroxyl groups is 7. The van der Waals surface area contributed by atoms with Crippen LogP contribution in [0.4, 0.5) is 20.4 Å². The molecule has 31 heteroatoms. The van der Waals surface area contributed by atoms with Crippen LogP contribution in [0.25, 0.3) is 54.8 Å². The molecule has 13 rings (SSSR count). The molecule has 3 saturated heterocycles. The van der Waals surface area contributed by atoms with Crippen molar-refractivity contribution in [2.24, 2.45) is 0 Å². The van der Waals surface area contributed by atoms with Gasteiger partial charge >= 0.3 is 0 Å². The number of nitrogens with zero attached hydrogens (tertiary/aromatic N) is 9. The van der Waals surface area contributed by atoms with Gasteiger partial charge in [0.05, 0.1) is 27.3 Å². The second-order valence-electron chi connectivity index (χ2n) is 21.1. The van der Waals surface area contributed by atoms with E-state index < -0.39 is 83.8 Å². The van der Waals surface area contributed by atoms with Gasteiger partial charge in [0.25, 0.3) is 0 Å². The summed E-state index contributed by atoms with van der Waals surface area (Å²) in [6.45, 7) is 4.07. The van der Waals surface area contributed by atoms with Gasteiger partial charge in [0, 0.05) is 46.8 Å². The number of fused-ring (bicyclic) bond motifs is 5. The molecule has 0 aliphatic carbocycles. The fourth-order valence-corrected chi connectivity index (χ4v) is 10.7. The number of rotatable bonds is 11. The molecule has 0 radical (unpaired) electrons. The lowest BCUT2D eigenvalue weighted by Gasteiger charge is -2.26. The number of hydrogen-bond acceptors (Lipinski definition) is 23. The van der Waals surface area contributed by atoms with Gasteiger partial charge in [0.15, 0.2) is 36.0 Å². The Kier molecular flexibility index (Phi) is 22.7. The smallest absolute Gasteiger partial charge is 0.184 e. The van der Waals surface area contributed by atoms with E-state index in [9.17, 15) is 44.5 Å². The van der Waals surface area contributed by atoms with Crippen molar-refractivity contribution in [3.05, 3.63) is 143 Å². The van der Waals surface area contributed by atoms with Gasteiger partial charge in [-0.25, -0.2) is 43.7 Å². The zero-order valence-corrected chi connectivity index (χ0v) is 48.9. The third kappa shape index (κ3) is 14.2. The Morgan fingerprint density at radius 3 is 1.34 bits per heavy atom. The normalized spacial score (nSPS) is 25.6. The predicted octanol–water partition coefficient (Wildman–Crippen LogP) is 7.23. The van der Waals surface area contributed by atoms with E-state index in [-0.39, 0.29) is 86.8 Å². The predicted molar refractivity (Wildman–Crippen MR) is 338 cm³/mol. The molecule has 0 saturated carbocycles. The topological polar surface area (TPSA) is 416 Å². The maximum atomic E-state index is 14.4. The van der Waals surface area contributed by atoms with Gasteiger partial charge in [-0.05, 0) is 93.6 Å². The Bertz CT molecular complexity index is 3970. The zero-order chi connectivity index (χ0) is 61.1. The standard InChI is InChI=1S/C21H17Cl2FN4O4.C21H21FN6O4.C15H16ClNO5.3CH4.H3N.H2O/c1-21(30)14(8-31-11-4-2-10-3-5-15(22)27-13(10)6-11)32-20(17(21)29)28-7-12(24)16-18(23)25-9-26-19(16)28;1-21(30)14(8-31-11-4-2-10-3-5-15(23)27-13(10)6-11)32-20(17(21)29)28-7-12(22)16-18(24)25-9-26-19(16)28;1-15(20)11(22-14(19)13(15)18)7-21-9-4-2-8-3-5-12(16)17-10(8)6-9;;;;;/h2-7,9,14,17,20,29-30H,8H2,1H3;2-7,9,14,17,20,29-30H,8H2,1H3,(H2,23,27)(H2,24,25,26);2-6,11,13-14,18-20H,7H2,1H3;3*1H4;1H3;1H2/t2*14-,17+,20-,21-;11-,13+,14?,15-;;;;;/m111...../s1. The van der Waals surface area contributed by atoms with E-state index >= 15 is 0 Å². The molecule has 7 aromatic heterocycles. The number of pyridine rings is 3. The summed E-state index contributed by atoms with van der Waals surface area (Å²) in [5, 5.41) is 76.1. The molecule has 12 atom stereocenters. The lowest BCUT2D eigenvalue weighted by atomic mass is 9.95. The van der Waals surface area contributed by atoms with E-state index in [2.05, 4.69) is 34.9 Å². The summed E-state index contributed by atoms with van der Waals surface area (Å²) in [6.07, 6.45) is -5.92. The monoisotopic (exact) mass is 1330 g/mol. The molecule has 3 aliphatic heterocycles. The minimum atomic E-state index is -1.69. The molecular weight excluding hydrogens is 1260 g/mol. The van der Waals surface area contributed by atoms with Crippen molar-refractivity contribution in [1.82, 2.24) is 50.2 Å². The van der Waals surface area contributed by atoms with Gasteiger partial charge in [-0.2, -0.15) is 0 Å². The number of nitrogen functional groups attached to an aromatic ring is 2. The van der Waals surface area contributed by atoms with Crippen molar-refractivity contribution in [2.45, 2.75) is 115 Å². The van der Waals surface area contributed by atoms with E-state index in [0.29, 0.717) is 49.9 Å². The van der Waals surface area contributed by atoms with Gasteiger partial charge < -0.3 is 96.4 Å². The largest absolute Gasteiger partial charge is 0.491 e. The molecule has 16 N–H and O–H groups in total. The van der Waals surface area contributed by atoms with Crippen LogP contribution in [0, 0.1) is 11.6 Å². The highest BCUT2D eigenvalue weighted by Crippen LogP contribution is 2.42. The van der Waals surface area contributed by atoms with Crippen LogP contribution >= 0.6 is 34.8 Å². The summed E-state index contributed by atoms with van der Waals surface area (Å²) in [5.41, 5.74) is 8.82. The molecule has 91 heavy (non-hydrogen) atoms. The molecule has 0 spiro atoms. The second kappa shape index (κ2) is 28.5. The molecule has 10 heterocycles. The van der Waals surface area contributed by atoms with Crippen molar-refractivity contribution in [3.8, 4) is 17.2 Å². The Morgan fingerprint density at radius 1 is 0.527 bits per heavy atom. The Hall–Kier alpha value is -7.62. The first-order valence-corrected chi connectivity index (χ1v) is 27.5. The average Bonchev–Trinajstić information content (AvgIpc) is 1.61. The molecule has 10 aromatic rings. The van der Waals surface area contributed by atoms with Crippen molar-refractivity contribution in [2.75, 3.05) is 31.3 Å². The lowest BCUT2D eigenvalue weighted by Crippen LogP contribution is -2.47. The quantitative estimate of drug-likeness (QED) is 0.0451. The number of benzene rings is 3. The molecule has 0 amide bonds. The summed E-state index contributed by atoms with van der Waals surface area (Å²) < 4.78 is 65.6. The third-order valence-corrected chi connectivity index (χ3v) is 16.0. The van der Waals surface area contributed by atoms with E-state index in [4.69, 9.17) is 74.7 Å².